The third-order valence-corrected chi connectivity index (χ3v) is 1.79. The Hall–Kier alpha value is -2.30. The molecule has 0 unspecified atom stereocenters. The Bertz CT molecular complexity index is 518. The Labute approximate surface area is 87.3 Å². The van der Waals surface area contributed by atoms with Gasteiger partial charge < -0.3 is 4.98 Å². The standard InChI is InChI=1S/C8H5F2N3O3/c9-8(10)4-3-6(14)12-5(1-2-11)7(4)13(15)16/h3,8H,1H2,(H,12,14). The minimum atomic E-state index is -3.14. The van der Waals surface area contributed by atoms with Gasteiger partial charge in [-0.3, -0.25) is 14.9 Å². The van der Waals surface area contributed by atoms with Crippen LogP contribution in [0, 0.1) is 21.4 Å². The van der Waals surface area contributed by atoms with Gasteiger partial charge in [-0.15, -0.1) is 0 Å². The van der Waals surface area contributed by atoms with E-state index >= 15 is 0 Å². The fourth-order valence-electron chi connectivity index (χ4n) is 1.22. The van der Waals surface area contributed by atoms with Crippen molar-refractivity contribution < 1.29 is 13.7 Å². The van der Waals surface area contributed by atoms with Gasteiger partial charge in [-0.25, -0.2) is 8.78 Å². The van der Waals surface area contributed by atoms with E-state index in [2.05, 4.69) is 0 Å². The SMILES string of the molecule is N#CCc1[nH]c(=O)cc(C(F)F)c1[N+](=O)[O-]. The molecule has 0 saturated heterocycles. The van der Waals surface area contributed by atoms with Crippen LogP contribution in [-0.2, 0) is 6.42 Å². The summed E-state index contributed by atoms with van der Waals surface area (Å²) in [7, 11) is 0. The van der Waals surface area contributed by atoms with Crippen molar-refractivity contribution in [3.05, 3.63) is 37.8 Å². The smallest absolute Gasteiger partial charge is 0.298 e. The first kappa shape index (κ1) is 11.8. The molecule has 1 heterocycles. The molecule has 1 aromatic rings. The molecule has 0 aliphatic rings. The van der Waals surface area contributed by atoms with Crippen molar-refractivity contribution in [1.29, 1.82) is 5.26 Å². The van der Waals surface area contributed by atoms with Crippen molar-refractivity contribution in [2.75, 3.05) is 0 Å². The molecule has 8 heteroatoms. The highest BCUT2D eigenvalue weighted by atomic mass is 19.3. The van der Waals surface area contributed by atoms with E-state index < -0.39 is 40.3 Å². The minimum Gasteiger partial charge on any atom is -0.319 e. The first-order chi connectivity index (χ1) is 7.47. The lowest BCUT2D eigenvalue weighted by atomic mass is 10.1. The Kier molecular flexibility index (Phi) is 3.30. The summed E-state index contributed by atoms with van der Waals surface area (Å²) >= 11 is 0. The molecule has 0 spiro atoms. The van der Waals surface area contributed by atoms with Crippen LogP contribution in [0.15, 0.2) is 10.9 Å². The molecule has 0 aliphatic heterocycles. The number of nitro groups is 1. The second kappa shape index (κ2) is 4.48. The summed E-state index contributed by atoms with van der Waals surface area (Å²) in [6, 6.07) is 2.02. The molecule has 16 heavy (non-hydrogen) atoms. The lowest BCUT2D eigenvalue weighted by Gasteiger charge is -2.04. The van der Waals surface area contributed by atoms with Crippen LogP contribution < -0.4 is 5.56 Å². The zero-order valence-electron chi connectivity index (χ0n) is 7.74. The van der Waals surface area contributed by atoms with Crippen LogP contribution in [0.2, 0.25) is 0 Å². The number of alkyl halides is 2. The van der Waals surface area contributed by atoms with Crippen LogP contribution in [0.4, 0.5) is 14.5 Å². The Morgan fingerprint density at radius 2 is 2.25 bits per heavy atom. The number of aromatic nitrogens is 1. The summed E-state index contributed by atoms with van der Waals surface area (Å²) in [6.07, 6.45) is -3.65. The number of nitriles is 1. The molecule has 1 rings (SSSR count). The molecule has 0 aliphatic carbocycles. The van der Waals surface area contributed by atoms with Crippen LogP contribution in [0.3, 0.4) is 0 Å². The second-order valence-corrected chi connectivity index (χ2v) is 2.81. The molecule has 0 radical (unpaired) electrons. The molecule has 1 N–H and O–H groups in total. The zero-order chi connectivity index (χ0) is 12.3. The number of aromatic amines is 1. The maximum Gasteiger partial charge on any atom is 0.298 e. The Morgan fingerprint density at radius 3 is 2.69 bits per heavy atom. The Balaban J connectivity index is 3.55. The average molecular weight is 229 g/mol. The normalized spacial score (nSPS) is 10.1. The maximum atomic E-state index is 12.4. The van der Waals surface area contributed by atoms with Gasteiger partial charge in [-0.05, 0) is 0 Å². The van der Waals surface area contributed by atoms with Gasteiger partial charge in [-0.1, -0.05) is 0 Å². The van der Waals surface area contributed by atoms with Crippen molar-refractivity contribution >= 4 is 5.69 Å². The van der Waals surface area contributed by atoms with Crippen LogP contribution in [-0.4, -0.2) is 9.91 Å². The van der Waals surface area contributed by atoms with Crippen LogP contribution in [0.1, 0.15) is 17.7 Å². The number of H-pyrrole nitrogens is 1. The number of hydrogen-bond donors (Lipinski definition) is 1. The minimum absolute atomic E-state index is 0.407. The predicted octanol–water partition coefficient (Wildman–Crippen LogP) is 1.29. The third-order valence-electron chi connectivity index (χ3n) is 1.79. The molecular weight excluding hydrogens is 224 g/mol. The van der Waals surface area contributed by atoms with Crippen molar-refractivity contribution in [2.45, 2.75) is 12.8 Å². The molecule has 84 valence electrons. The van der Waals surface area contributed by atoms with Crippen LogP contribution in [0.5, 0.6) is 0 Å². The molecule has 0 atom stereocenters. The fraction of sp³-hybridized carbons (Fsp3) is 0.250. The number of hydrogen-bond acceptors (Lipinski definition) is 4. The molecule has 0 saturated carbocycles. The van der Waals surface area contributed by atoms with Gasteiger partial charge in [0, 0.05) is 6.07 Å². The summed E-state index contributed by atoms with van der Waals surface area (Å²) in [5, 5.41) is 18.9. The molecule has 0 amide bonds. The number of halogens is 2. The fourth-order valence-corrected chi connectivity index (χ4v) is 1.22. The Morgan fingerprint density at radius 1 is 1.62 bits per heavy atom. The second-order valence-electron chi connectivity index (χ2n) is 2.81. The summed E-state index contributed by atoms with van der Waals surface area (Å²) in [5.41, 5.74) is -3.18. The van der Waals surface area contributed by atoms with Gasteiger partial charge in [-0.2, -0.15) is 5.26 Å². The van der Waals surface area contributed by atoms with Crippen molar-refractivity contribution in [1.82, 2.24) is 4.98 Å². The topological polar surface area (TPSA) is 99.8 Å². The molecule has 1 aromatic heterocycles. The van der Waals surface area contributed by atoms with Gasteiger partial charge in [0.2, 0.25) is 5.56 Å². The van der Waals surface area contributed by atoms with Crippen LogP contribution >= 0.6 is 0 Å². The number of nitrogens with one attached hydrogen (secondary N) is 1. The first-order valence-corrected chi connectivity index (χ1v) is 4.03. The van der Waals surface area contributed by atoms with E-state index in [0.717, 1.165) is 0 Å². The quantitative estimate of drug-likeness (QED) is 0.623. The largest absolute Gasteiger partial charge is 0.319 e. The van der Waals surface area contributed by atoms with Gasteiger partial charge in [0.15, 0.2) is 0 Å². The maximum absolute atomic E-state index is 12.4. The third kappa shape index (κ3) is 2.20. The summed E-state index contributed by atoms with van der Waals surface area (Å²) in [5.74, 6) is 0. The zero-order valence-corrected chi connectivity index (χ0v) is 7.74. The highest BCUT2D eigenvalue weighted by Gasteiger charge is 2.26. The predicted molar refractivity (Wildman–Crippen MR) is 48.0 cm³/mol. The lowest BCUT2D eigenvalue weighted by molar-refractivity contribution is -0.387. The lowest BCUT2D eigenvalue weighted by Crippen LogP contribution is -2.13. The average Bonchev–Trinajstić information content (AvgIpc) is 2.16. The summed E-state index contributed by atoms with van der Waals surface area (Å²) < 4.78 is 24.9. The van der Waals surface area contributed by atoms with Gasteiger partial charge in [0.1, 0.15) is 11.3 Å². The monoisotopic (exact) mass is 229 g/mol. The van der Waals surface area contributed by atoms with E-state index in [1.54, 1.807) is 6.07 Å². The highest BCUT2D eigenvalue weighted by Crippen LogP contribution is 2.29. The molecule has 6 nitrogen and oxygen atoms in total. The molecular formula is C8H5F2N3O3. The van der Waals surface area contributed by atoms with Crippen molar-refractivity contribution in [3.63, 3.8) is 0 Å². The number of pyridine rings is 1. The van der Waals surface area contributed by atoms with Crippen molar-refractivity contribution in [3.8, 4) is 6.07 Å². The van der Waals surface area contributed by atoms with Crippen molar-refractivity contribution in [2.24, 2.45) is 0 Å². The van der Waals surface area contributed by atoms with E-state index in [9.17, 15) is 23.7 Å². The van der Waals surface area contributed by atoms with Crippen LogP contribution in [0.25, 0.3) is 0 Å². The van der Waals surface area contributed by atoms with E-state index in [1.165, 1.54) is 0 Å². The van der Waals surface area contributed by atoms with E-state index in [1.807, 2.05) is 4.98 Å². The van der Waals surface area contributed by atoms with E-state index in [-0.39, 0.29) is 0 Å². The van der Waals surface area contributed by atoms with E-state index in [0.29, 0.717) is 6.07 Å². The summed E-state index contributed by atoms with van der Waals surface area (Å²) in [4.78, 5) is 22.5. The number of rotatable bonds is 3. The van der Waals surface area contributed by atoms with Gasteiger partial charge in [0.05, 0.1) is 17.4 Å². The molecule has 0 fully saturated rings. The molecule has 0 bridgehead atoms. The van der Waals surface area contributed by atoms with Gasteiger partial charge in [0.25, 0.3) is 12.1 Å². The highest BCUT2D eigenvalue weighted by molar-refractivity contribution is 5.45. The summed E-state index contributed by atoms with van der Waals surface area (Å²) in [6.45, 7) is 0. The van der Waals surface area contributed by atoms with Gasteiger partial charge >= 0.3 is 0 Å². The number of nitrogens with zero attached hydrogens (tertiary/aromatic N) is 2. The molecule has 0 aromatic carbocycles. The first-order valence-electron chi connectivity index (χ1n) is 4.03. The van der Waals surface area contributed by atoms with E-state index in [4.69, 9.17) is 5.26 Å².